The molecule has 1 aromatic rings. The summed E-state index contributed by atoms with van der Waals surface area (Å²) in [5.74, 6) is 0.241. The SMILES string of the molecule is CCCCCCNC(N)=NCc1nc(C(F)(F)F)cs1.I. The summed E-state index contributed by atoms with van der Waals surface area (Å²) < 4.78 is 37.0. The maximum absolute atomic E-state index is 12.3. The Bertz CT molecular complexity index is 434. The molecule has 0 saturated heterocycles. The van der Waals surface area contributed by atoms with Gasteiger partial charge < -0.3 is 11.1 Å². The number of nitrogens with two attached hydrogens (primary N) is 1. The fourth-order valence-electron chi connectivity index (χ4n) is 1.49. The fourth-order valence-corrected chi connectivity index (χ4v) is 2.21. The number of alkyl halides is 3. The Labute approximate surface area is 143 Å². The van der Waals surface area contributed by atoms with Crippen molar-refractivity contribution >= 4 is 41.3 Å². The minimum atomic E-state index is -4.40. The average Bonchev–Trinajstić information content (AvgIpc) is 2.85. The van der Waals surface area contributed by atoms with Crippen LogP contribution in [0.2, 0.25) is 0 Å². The Morgan fingerprint density at radius 2 is 2.10 bits per heavy atom. The van der Waals surface area contributed by atoms with E-state index < -0.39 is 11.9 Å². The maximum atomic E-state index is 12.3. The highest BCUT2D eigenvalue weighted by molar-refractivity contribution is 14.0. The van der Waals surface area contributed by atoms with Crippen LogP contribution >= 0.6 is 35.3 Å². The molecule has 1 rings (SSSR count). The summed E-state index contributed by atoms with van der Waals surface area (Å²) in [4.78, 5) is 7.45. The topological polar surface area (TPSA) is 63.3 Å². The zero-order valence-electron chi connectivity index (χ0n) is 11.7. The van der Waals surface area contributed by atoms with Crippen LogP contribution in [-0.4, -0.2) is 17.5 Å². The number of hydrogen-bond donors (Lipinski definition) is 2. The molecular formula is C12H20F3IN4S. The Morgan fingerprint density at radius 3 is 2.67 bits per heavy atom. The van der Waals surface area contributed by atoms with Crippen molar-refractivity contribution in [1.82, 2.24) is 10.3 Å². The molecule has 1 aromatic heterocycles. The lowest BCUT2D eigenvalue weighted by atomic mass is 10.2. The second-order valence-corrected chi connectivity index (χ2v) is 5.26. The van der Waals surface area contributed by atoms with Crippen molar-refractivity contribution in [3.8, 4) is 0 Å². The van der Waals surface area contributed by atoms with E-state index in [2.05, 4.69) is 22.2 Å². The van der Waals surface area contributed by atoms with Crippen molar-refractivity contribution in [1.29, 1.82) is 0 Å². The molecule has 0 radical (unpaired) electrons. The minimum absolute atomic E-state index is 0. The summed E-state index contributed by atoms with van der Waals surface area (Å²) in [6, 6.07) is 0. The lowest BCUT2D eigenvalue weighted by Gasteiger charge is -2.04. The predicted molar refractivity (Wildman–Crippen MR) is 90.0 cm³/mol. The molecule has 3 N–H and O–H groups in total. The number of aliphatic imine (C=N–C) groups is 1. The summed E-state index contributed by atoms with van der Waals surface area (Å²) in [5.41, 5.74) is 4.75. The van der Waals surface area contributed by atoms with Gasteiger partial charge >= 0.3 is 6.18 Å². The van der Waals surface area contributed by atoms with Crippen molar-refractivity contribution in [3.05, 3.63) is 16.1 Å². The van der Waals surface area contributed by atoms with Gasteiger partial charge in [-0.05, 0) is 6.42 Å². The lowest BCUT2D eigenvalue weighted by molar-refractivity contribution is -0.140. The van der Waals surface area contributed by atoms with Gasteiger partial charge in [-0.1, -0.05) is 26.2 Å². The Balaban J connectivity index is 0.00000400. The predicted octanol–water partition coefficient (Wildman–Crippen LogP) is 3.76. The number of thiazole rings is 1. The number of nitrogens with zero attached hydrogens (tertiary/aromatic N) is 2. The van der Waals surface area contributed by atoms with E-state index in [1.165, 1.54) is 6.42 Å². The molecule has 0 spiro atoms. The maximum Gasteiger partial charge on any atom is 0.434 e. The first-order valence-corrected chi connectivity index (χ1v) is 7.37. The van der Waals surface area contributed by atoms with Gasteiger partial charge in [0.1, 0.15) is 5.01 Å². The largest absolute Gasteiger partial charge is 0.434 e. The van der Waals surface area contributed by atoms with Crippen LogP contribution in [0.1, 0.15) is 43.3 Å². The first-order chi connectivity index (χ1) is 9.43. The third kappa shape index (κ3) is 8.44. The molecule has 0 saturated carbocycles. The van der Waals surface area contributed by atoms with Crippen LogP contribution in [0, 0.1) is 0 Å². The van der Waals surface area contributed by atoms with Gasteiger partial charge in [-0.3, -0.25) is 0 Å². The van der Waals surface area contributed by atoms with Gasteiger partial charge in [0, 0.05) is 11.9 Å². The monoisotopic (exact) mass is 436 g/mol. The third-order valence-electron chi connectivity index (χ3n) is 2.56. The smallest absolute Gasteiger partial charge is 0.370 e. The molecule has 0 amide bonds. The molecule has 0 aliphatic carbocycles. The minimum Gasteiger partial charge on any atom is -0.370 e. The van der Waals surface area contributed by atoms with E-state index in [0.717, 1.165) is 42.5 Å². The van der Waals surface area contributed by atoms with Gasteiger partial charge in [0.25, 0.3) is 0 Å². The molecule has 9 heteroatoms. The molecule has 0 atom stereocenters. The van der Waals surface area contributed by atoms with E-state index in [-0.39, 0.29) is 36.5 Å². The third-order valence-corrected chi connectivity index (χ3v) is 3.40. The van der Waals surface area contributed by atoms with Crippen molar-refractivity contribution in [2.75, 3.05) is 6.54 Å². The quantitative estimate of drug-likeness (QED) is 0.296. The zero-order valence-corrected chi connectivity index (χ0v) is 14.9. The van der Waals surface area contributed by atoms with Gasteiger partial charge in [-0.15, -0.1) is 35.3 Å². The Hall–Kier alpha value is -0.580. The van der Waals surface area contributed by atoms with E-state index in [4.69, 9.17) is 5.73 Å². The lowest BCUT2D eigenvalue weighted by Crippen LogP contribution is -2.32. The summed E-state index contributed by atoms with van der Waals surface area (Å²) in [5, 5.41) is 4.22. The first kappa shape index (κ1) is 20.4. The molecule has 122 valence electrons. The van der Waals surface area contributed by atoms with Crippen molar-refractivity contribution in [2.24, 2.45) is 10.7 Å². The molecule has 0 bridgehead atoms. The van der Waals surface area contributed by atoms with Crippen molar-refractivity contribution < 1.29 is 13.2 Å². The van der Waals surface area contributed by atoms with Gasteiger partial charge in [-0.2, -0.15) is 13.2 Å². The number of halogens is 4. The zero-order chi connectivity index (χ0) is 15.0. The second kappa shape index (κ2) is 10.2. The van der Waals surface area contributed by atoms with Crippen molar-refractivity contribution in [3.63, 3.8) is 0 Å². The average molecular weight is 436 g/mol. The summed E-state index contributed by atoms with van der Waals surface area (Å²) >= 11 is 0.932. The number of nitrogens with one attached hydrogen (secondary N) is 1. The number of rotatable bonds is 7. The number of unbranched alkanes of at least 4 members (excludes halogenated alkanes) is 3. The molecule has 1 heterocycles. The highest BCUT2D eigenvalue weighted by Gasteiger charge is 2.33. The van der Waals surface area contributed by atoms with E-state index in [9.17, 15) is 13.2 Å². The number of guanidine groups is 1. The molecule has 0 aromatic carbocycles. The van der Waals surface area contributed by atoms with Crippen LogP contribution in [0.15, 0.2) is 10.4 Å². The highest BCUT2D eigenvalue weighted by Crippen LogP contribution is 2.30. The summed E-state index contributed by atoms with van der Waals surface area (Å²) in [6.45, 7) is 2.92. The standard InChI is InChI=1S/C12H19F3N4S.HI/c1-2-3-4-5-6-17-11(16)18-7-10-19-9(8-20-10)12(13,14)15;/h8H,2-7H2,1H3,(H3,16,17,18);1H. The molecule has 4 nitrogen and oxygen atoms in total. The van der Waals surface area contributed by atoms with Crippen molar-refractivity contribution in [2.45, 2.75) is 45.3 Å². The number of aromatic nitrogens is 1. The molecule has 0 aliphatic heterocycles. The van der Waals surface area contributed by atoms with E-state index in [1.807, 2.05) is 0 Å². The molecule has 21 heavy (non-hydrogen) atoms. The van der Waals surface area contributed by atoms with Crippen LogP contribution in [0.3, 0.4) is 0 Å². The first-order valence-electron chi connectivity index (χ1n) is 6.49. The molecule has 0 fully saturated rings. The number of hydrogen-bond acceptors (Lipinski definition) is 3. The van der Waals surface area contributed by atoms with Crippen LogP contribution in [0.5, 0.6) is 0 Å². The fraction of sp³-hybridized carbons (Fsp3) is 0.667. The second-order valence-electron chi connectivity index (χ2n) is 4.31. The van der Waals surface area contributed by atoms with Gasteiger partial charge in [-0.25, -0.2) is 9.98 Å². The van der Waals surface area contributed by atoms with E-state index >= 15 is 0 Å². The van der Waals surface area contributed by atoms with Crippen LogP contribution in [-0.2, 0) is 12.7 Å². The summed E-state index contributed by atoms with van der Waals surface area (Å²) in [6.07, 6.45) is 0.0620. The normalized spacial score (nSPS) is 12.1. The van der Waals surface area contributed by atoms with Gasteiger partial charge in [0.15, 0.2) is 11.7 Å². The molecular weight excluding hydrogens is 416 g/mol. The van der Waals surface area contributed by atoms with Gasteiger partial charge in [0.2, 0.25) is 0 Å². The van der Waals surface area contributed by atoms with E-state index in [1.54, 1.807) is 0 Å². The Morgan fingerprint density at radius 1 is 1.38 bits per heavy atom. The molecule has 0 unspecified atom stereocenters. The van der Waals surface area contributed by atoms with Crippen LogP contribution in [0.4, 0.5) is 13.2 Å². The van der Waals surface area contributed by atoms with Crippen LogP contribution < -0.4 is 11.1 Å². The van der Waals surface area contributed by atoms with Crippen LogP contribution in [0.25, 0.3) is 0 Å². The summed E-state index contributed by atoms with van der Waals surface area (Å²) in [7, 11) is 0. The highest BCUT2D eigenvalue weighted by atomic mass is 127. The Kier molecular flexibility index (Phi) is 9.92. The van der Waals surface area contributed by atoms with E-state index in [0.29, 0.717) is 5.01 Å². The molecule has 0 aliphatic rings. The van der Waals surface area contributed by atoms with Gasteiger partial charge in [0.05, 0.1) is 6.54 Å².